The van der Waals surface area contributed by atoms with Gasteiger partial charge in [-0.3, -0.25) is 0 Å². The summed E-state index contributed by atoms with van der Waals surface area (Å²) in [5.74, 6) is 0.797. The van der Waals surface area contributed by atoms with E-state index in [2.05, 4.69) is 41.5 Å². The van der Waals surface area contributed by atoms with Crippen LogP contribution in [0.15, 0.2) is 43.5 Å². The summed E-state index contributed by atoms with van der Waals surface area (Å²) in [7, 11) is 0. The van der Waals surface area contributed by atoms with Gasteiger partial charge in [0.25, 0.3) is 0 Å². The molecule has 2 atom stereocenters. The van der Waals surface area contributed by atoms with E-state index < -0.39 is 0 Å². The van der Waals surface area contributed by atoms with Crippen LogP contribution >= 0.6 is 23.2 Å². The molecule has 0 bridgehead atoms. The zero-order valence-electron chi connectivity index (χ0n) is 13.8. The van der Waals surface area contributed by atoms with Crippen molar-refractivity contribution in [1.82, 2.24) is 0 Å². The number of halogens is 2. The summed E-state index contributed by atoms with van der Waals surface area (Å²) in [6, 6.07) is 0. The van der Waals surface area contributed by atoms with Crippen LogP contribution in [0.3, 0.4) is 0 Å². The van der Waals surface area contributed by atoms with E-state index in [9.17, 15) is 0 Å². The molecule has 2 aliphatic rings. The molecule has 2 unspecified atom stereocenters. The van der Waals surface area contributed by atoms with Crippen molar-refractivity contribution in [3.63, 3.8) is 0 Å². The van der Waals surface area contributed by atoms with Crippen molar-refractivity contribution in [2.45, 2.75) is 54.4 Å². The van der Waals surface area contributed by atoms with Crippen LogP contribution < -0.4 is 0 Å². The van der Waals surface area contributed by atoms with Crippen molar-refractivity contribution in [1.29, 1.82) is 0 Å². The van der Waals surface area contributed by atoms with E-state index in [1.807, 2.05) is 0 Å². The Bertz CT molecular complexity index is 476. The van der Waals surface area contributed by atoms with E-state index in [1.54, 1.807) is 0 Å². The second-order valence-electron chi connectivity index (χ2n) is 6.24. The molecular weight excluding hydrogens is 335 g/mol. The third-order valence-electron chi connectivity index (χ3n) is 5.43. The zero-order valence-corrected chi connectivity index (χ0v) is 16.9. The molecule has 0 aromatic rings. The number of hydrogen-bond acceptors (Lipinski definition) is 0. The first-order valence-electron chi connectivity index (χ1n) is 7.35. The second-order valence-corrected chi connectivity index (χ2v) is 7.06. The van der Waals surface area contributed by atoms with Gasteiger partial charge in [-0.25, -0.2) is 0 Å². The predicted molar refractivity (Wildman–Crippen MR) is 90.1 cm³/mol. The Balaban J connectivity index is 0.00000220. The first-order valence-corrected chi connectivity index (χ1v) is 8.11. The molecule has 114 valence electrons. The summed E-state index contributed by atoms with van der Waals surface area (Å²) in [6.07, 6.45) is 2.16. The summed E-state index contributed by atoms with van der Waals surface area (Å²) in [5.41, 5.74) is 8.13. The van der Waals surface area contributed by atoms with Crippen molar-refractivity contribution >= 4 is 23.2 Å². The Morgan fingerprint density at radius 2 is 0.905 bits per heavy atom. The maximum atomic E-state index is 6.51. The van der Waals surface area contributed by atoms with Gasteiger partial charge < -0.3 is 0 Å². The van der Waals surface area contributed by atoms with E-state index in [0.29, 0.717) is 11.8 Å². The van der Waals surface area contributed by atoms with Gasteiger partial charge in [-0.05, 0) is 76.7 Å². The minimum Gasteiger partial charge on any atom is -0.0882 e. The second kappa shape index (κ2) is 7.22. The third-order valence-corrected chi connectivity index (χ3v) is 6.52. The molecular formula is C18H24Cl2Ti. The third kappa shape index (κ3) is 3.30. The van der Waals surface area contributed by atoms with Gasteiger partial charge in [0.1, 0.15) is 0 Å². The fourth-order valence-electron chi connectivity index (χ4n) is 3.40. The van der Waals surface area contributed by atoms with Gasteiger partial charge in [-0.2, -0.15) is 0 Å². The molecule has 2 aliphatic carbocycles. The summed E-state index contributed by atoms with van der Waals surface area (Å²) >= 11 is 13.0. The fourth-order valence-corrected chi connectivity index (χ4v) is 4.22. The average Bonchev–Trinajstić information content (AvgIpc) is 2.72. The van der Waals surface area contributed by atoms with Gasteiger partial charge in [-0.15, -0.1) is 0 Å². The standard InChI is InChI=1S/C18H24Cl2.Ti/c1-9-11(3)15(17(19)13(9)5)7-8-16-12(4)10(2)14(6)18(16)20;/h15-16H,7-8H2,1-6H3;. The molecule has 0 saturated heterocycles. The van der Waals surface area contributed by atoms with Crippen molar-refractivity contribution in [2.75, 3.05) is 0 Å². The first-order chi connectivity index (χ1) is 9.27. The molecule has 0 amide bonds. The van der Waals surface area contributed by atoms with Crippen LogP contribution in [-0.4, -0.2) is 0 Å². The van der Waals surface area contributed by atoms with Gasteiger partial charge in [0, 0.05) is 43.6 Å². The summed E-state index contributed by atoms with van der Waals surface area (Å²) in [5, 5.41) is 2.07. The van der Waals surface area contributed by atoms with Gasteiger partial charge in [-0.1, -0.05) is 34.3 Å². The molecule has 0 heterocycles. The fraction of sp³-hybridized carbons (Fsp3) is 0.556. The summed E-state index contributed by atoms with van der Waals surface area (Å²) < 4.78 is 0. The summed E-state index contributed by atoms with van der Waals surface area (Å²) in [6.45, 7) is 13.0. The summed E-state index contributed by atoms with van der Waals surface area (Å²) in [4.78, 5) is 0. The molecule has 0 aromatic carbocycles. The Morgan fingerprint density at radius 1 is 0.619 bits per heavy atom. The molecule has 0 spiro atoms. The van der Waals surface area contributed by atoms with Crippen LogP contribution in [0.25, 0.3) is 0 Å². The average molecular weight is 359 g/mol. The predicted octanol–water partition coefficient (Wildman–Crippen LogP) is 6.72. The quantitative estimate of drug-likeness (QED) is 0.491. The number of hydrogen-bond donors (Lipinski definition) is 0. The van der Waals surface area contributed by atoms with E-state index >= 15 is 0 Å². The molecule has 0 fully saturated rings. The van der Waals surface area contributed by atoms with Crippen molar-refractivity contribution in [2.24, 2.45) is 11.8 Å². The molecule has 0 radical (unpaired) electrons. The van der Waals surface area contributed by atoms with Crippen LogP contribution in [-0.2, 0) is 21.7 Å². The van der Waals surface area contributed by atoms with E-state index in [4.69, 9.17) is 23.2 Å². The molecule has 21 heavy (non-hydrogen) atoms. The molecule has 3 heteroatoms. The Kier molecular flexibility index (Phi) is 6.63. The van der Waals surface area contributed by atoms with Crippen LogP contribution in [0.1, 0.15) is 54.4 Å². The van der Waals surface area contributed by atoms with Crippen molar-refractivity contribution in [3.8, 4) is 0 Å². The monoisotopic (exact) mass is 358 g/mol. The first kappa shape index (κ1) is 19.3. The smallest absolute Gasteiger partial charge is 0.0284 e. The molecule has 0 N–H and O–H groups in total. The maximum Gasteiger partial charge on any atom is 0.0284 e. The van der Waals surface area contributed by atoms with Gasteiger partial charge >= 0.3 is 0 Å². The SMILES string of the molecule is CC1=C(C)C(CCC2C(C)=C(C)C(C)=C2Cl)C(Cl)=C1C.[Ti]. The van der Waals surface area contributed by atoms with Gasteiger partial charge in [0.2, 0.25) is 0 Å². The molecule has 0 nitrogen and oxygen atoms in total. The van der Waals surface area contributed by atoms with Crippen LogP contribution in [0, 0.1) is 11.8 Å². The Morgan fingerprint density at radius 3 is 1.10 bits per heavy atom. The number of allylic oxidation sites excluding steroid dienone is 8. The van der Waals surface area contributed by atoms with Crippen molar-refractivity contribution in [3.05, 3.63) is 43.5 Å². The molecule has 2 rings (SSSR count). The molecule has 0 aliphatic heterocycles. The minimum absolute atomic E-state index is 0. The van der Waals surface area contributed by atoms with Gasteiger partial charge in [0.15, 0.2) is 0 Å². The van der Waals surface area contributed by atoms with Crippen molar-refractivity contribution < 1.29 is 21.7 Å². The minimum atomic E-state index is 0. The Labute approximate surface area is 154 Å². The zero-order chi connectivity index (χ0) is 15.2. The maximum absolute atomic E-state index is 6.51. The van der Waals surface area contributed by atoms with E-state index in [-0.39, 0.29) is 21.7 Å². The topological polar surface area (TPSA) is 0 Å². The van der Waals surface area contributed by atoms with E-state index in [0.717, 1.165) is 22.9 Å². The molecule has 0 saturated carbocycles. The van der Waals surface area contributed by atoms with Crippen LogP contribution in [0.4, 0.5) is 0 Å². The molecule has 0 aromatic heterocycles. The van der Waals surface area contributed by atoms with Gasteiger partial charge in [0.05, 0.1) is 0 Å². The largest absolute Gasteiger partial charge is 0.0882 e. The van der Waals surface area contributed by atoms with E-state index in [1.165, 1.54) is 33.4 Å². The normalized spacial score (nSPS) is 26.3. The Hall–Kier alpha value is 0.254. The van der Waals surface area contributed by atoms with Crippen LogP contribution in [0.5, 0.6) is 0 Å². The van der Waals surface area contributed by atoms with Crippen LogP contribution in [0.2, 0.25) is 0 Å². The number of rotatable bonds is 3.